The van der Waals surface area contributed by atoms with E-state index in [1.807, 2.05) is 0 Å². The Hall–Kier alpha value is 1.41. The first-order valence-corrected chi connectivity index (χ1v) is 8.99. The summed E-state index contributed by atoms with van der Waals surface area (Å²) in [5.74, 6) is 0. The Balaban J connectivity index is 0. The molecule has 0 bridgehead atoms. The molecule has 1 atom stereocenters. The maximum absolute atomic E-state index is 10.5. The van der Waals surface area contributed by atoms with Gasteiger partial charge in [0.1, 0.15) is 20.2 Å². The van der Waals surface area contributed by atoms with Gasteiger partial charge in [0, 0.05) is 0 Å². The molecule has 0 aliphatic carbocycles. The molecular weight excluding hydrogens is 310 g/mol. The van der Waals surface area contributed by atoms with Crippen molar-refractivity contribution in [1.29, 1.82) is 0 Å². The maximum Gasteiger partial charge on any atom is 1.00 e. The monoisotopic (exact) mass is 321 g/mol. The van der Waals surface area contributed by atoms with Gasteiger partial charge < -0.3 is 33.9 Å². The van der Waals surface area contributed by atoms with Crippen molar-refractivity contribution in [3.05, 3.63) is 0 Å². The number of hydrogen-bond donors (Lipinski definition) is 5. The molecule has 0 saturated heterocycles. The van der Waals surface area contributed by atoms with Crippen molar-refractivity contribution in [3.63, 3.8) is 0 Å². The molecule has 0 aliphatic heterocycles. The average molecular weight is 321 g/mol. The van der Waals surface area contributed by atoms with Crippen LogP contribution in [0, 0.1) is 0 Å². The molecule has 0 spiro atoms. The predicted octanol–water partition coefficient (Wildman–Crippen LogP) is -4.93. The van der Waals surface area contributed by atoms with Crippen molar-refractivity contribution in [3.8, 4) is 0 Å². The van der Waals surface area contributed by atoms with Crippen LogP contribution in [0.3, 0.4) is 0 Å². The van der Waals surface area contributed by atoms with Crippen LogP contribution < -0.4 is 34.5 Å². The normalized spacial score (nSPS) is 16.4. The van der Waals surface area contributed by atoms with Gasteiger partial charge in [-0.1, -0.05) is 0 Å². The molecule has 98 valence electrons. The van der Waals surface area contributed by atoms with Crippen LogP contribution in [0.2, 0.25) is 0 Å². The van der Waals surface area contributed by atoms with Crippen LogP contribution in [-0.2, 0) is 13.7 Å². The molecule has 1 unspecified atom stereocenters. The van der Waals surface area contributed by atoms with Crippen LogP contribution in [0.4, 0.5) is 0 Å². The molecule has 0 fully saturated rings. The van der Waals surface area contributed by atoms with Crippen LogP contribution >= 0.6 is 22.8 Å². The molecule has 0 aliphatic rings. The first-order chi connectivity index (χ1) is 6.79. The smallest absolute Gasteiger partial charge is 0.778 e. The van der Waals surface area contributed by atoms with Gasteiger partial charge >= 0.3 is 44.7 Å². The van der Waals surface area contributed by atoms with Crippen LogP contribution in [0.1, 0.15) is 0 Å². The van der Waals surface area contributed by atoms with Gasteiger partial charge in [-0.3, -0.25) is 14.0 Å². The van der Waals surface area contributed by atoms with Crippen LogP contribution in [0.5, 0.6) is 0 Å². The van der Waals surface area contributed by atoms with E-state index in [1.54, 1.807) is 0 Å². The Morgan fingerprint density at radius 1 is 0.824 bits per heavy atom. The molecule has 17 heavy (non-hydrogen) atoms. The Morgan fingerprint density at radius 2 is 1.12 bits per heavy atom. The Labute approximate surface area is 119 Å². The summed E-state index contributed by atoms with van der Waals surface area (Å²) in [5, 5.41) is 0. The van der Waals surface area contributed by atoms with Gasteiger partial charge in [0.25, 0.3) is 0 Å². The second-order valence-corrected chi connectivity index (χ2v) is 7.84. The molecule has 14 heteroatoms. The zero-order valence-electron chi connectivity index (χ0n) is 8.78. The van der Waals surface area contributed by atoms with E-state index in [4.69, 9.17) is 24.5 Å². The standard InChI is InChI=1S/C3H12NO9P3.Na/c5-14(6,7)1-4(2-15(8,9)10)3-16(11,12)13;/h1-3H2,(H2,5,6,7)(H2,8,9,10)(H2,11,12,13);/q;+1/p-1. The van der Waals surface area contributed by atoms with E-state index in [9.17, 15) is 18.6 Å². The van der Waals surface area contributed by atoms with Gasteiger partial charge in [-0.15, -0.1) is 0 Å². The van der Waals surface area contributed by atoms with Gasteiger partial charge in [0.2, 0.25) is 0 Å². The van der Waals surface area contributed by atoms with E-state index < -0.39 is 41.6 Å². The van der Waals surface area contributed by atoms with E-state index in [0.717, 1.165) is 0 Å². The zero-order valence-corrected chi connectivity index (χ0v) is 13.5. The summed E-state index contributed by atoms with van der Waals surface area (Å²) in [4.78, 5) is 53.3. The second kappa shape index (κ2) is 7.26. The molecule has 0 aromatic rings. The maximum atomic E-state index is 10.5. The van der Waals surface area contributed by atoms with Crippen LogP contribution in [-0.4, -0.2) is 48.2 Å². The molecule has 0 saturated carbocycles. The molecule has 0 aromatic heterocycles. The number of hydrogen-bond acceptors (Lipinski definition) is 5. The van der Waals surface area contributed by atoms with E-state index in [1.165, 1.54) is 0 Å². The third-order valence-electron chi connectivity index (χ3n) is 1.15. The summed E-state index contributed by atoms with van der Waals surface area (Å²) in [5.41, 5.74) is 0. The molecule has 0 rings (SSSR count). The fourth-order valence-corrected chi connectivity index (χ4v) is 3.53. The zero-order chi connectivity index (χ0) is 13.2. The predicted molar refractivity (Wildman–Crippen MR) is 50.4 cm³/mol. The minimum Gasteiger partial charge on any atom is -0.778 e. The van der Waals surface area contributed by atoms with Gasteiger partial charge in [-0.25, -0.2) is 0 Å². The van der Waals surface area contributed by atoms with Crippen molar-refractivity contribution >= 4 is 22.8 Å². The number of rotatable bonds is 6. The molecule has 10 nitrogen and oxygen atoms in total. The summed E-state index contributed by atoms with van der Waals surface area (Å²) in [6.45, 7) is 0. The van der Waals surface area contributed by atoms with Crippen LogP contribution in [0.25, 0.3) is 0 Å². The summed E-state index contributed by atoms with van der Waals surface area (Å²) >= 11 is 0. The molecular formula is C3H11NNaO9P3. The summed E-state index contributed by atoms with van der Waals surface area (Å²) in [6.07, 6.45) is -3.60. The Kier molecular flexibility index (Phi) is 8.85. The molecule has 0 amide bonds. The van der Waals surface area contributed by atoms with Crippen LogP contribution in [0.15, 0.2) is 0 Å². The Bertz CT molecular complexity index is 311. The SMILES string of the molecule is O=P([O-])(O)CN(CP(=O)(O)O)CP(=O)(O)O.[Na+]. The van der Waals surface area contributed by atoms with Crippen molar-refractivity contribution in [2.75, 3.05) is 18.9 Å². The number of nitrogens with zero attached hydrogens (tertiary/aromatic N) is 1. The fraction of sp³-hybridized carbons (Fsp3) is 1.00. The fourth-order valence-electron chi connectivity index (χ4n) is 0.908. The topological polar surface area (TPSA) is 179 Å². The molecule has 0 radical (unpaired) electrons. The van der Waals surface area contributed by atoms with Gasteiger partial charge in [-0.2, -0.15) is 0 Å². The van der Waals surface area contributed by atoms with Gasteiger partial charge in [0.15, 0.2) is 0 Å². The van der Waals surface area contributed by atoms with Crippen molar-refractivity contribution < 1.29 is 72.6 Å². The van der Waals surface area contributed by atoms with Crippen molar-refractivity contribution in [2.24, 2.45) is 0 Å². The second-order valence-electron chi connectivity index (χ2n) is 3.06. The third-order valence-corrected chi connectivity index (χ3v) is 3.44. The summed E-state index contributed by atoms with van der Waals surface area (Å²) in [6, 6.07) is 0. The van der Waals surface area contributed by atoms with Gasteiger partial charge in [-0.05, 0) is 0 Å². The van der Waals surface area contributed by atoms with E-state index in [2.05, 4.69) is 0 Å². The minimum atomic E-state index is -4.90. The largest absolute Gasteiger partial charge is 1.00 e. The van der Waals surface area contributed by atoms with Crippen molar-refractivity contribution in [2.45, 2.75) is 0 Å². The summed E-state index contributed by atoms with van der Waals surface area (Å²) < 4.78 is 31.5. The van der Waals surface area contributed by atoms with E-state index in [0.29, 0.717) is 0 Å². The van der Waals surface area contributed by atoms with E-state index in [-0.39, 0.29) is 34.5 Å². The molecule has 5 N–H and O–H groups in total. The van der Waals surface area contributed by atoms with Crippen molar-refractivity contribution in [1.82, 2.24) is 4.90 Å². The molecule has 0 aromatic carbocycles. The Morgan fingerprint density at radius 3 is 1.29 bits per heavy atom. The first-order valence-electron chi connectivity index (χ1n) is 3.63. The first kappa shape index (κ1) is 20.7. The van der Waals surface area contributed by atoms with E-state index >= 15 is 0 Å². The van der Waals surface area contributed by atoms with Gasteiger partial charge in [0.05, 0.1) is 6.29 Å². The quantitative estimate of drug-likeness (QED) is 0.235. The molecule has 0 heterocycles. The third kappa shape index (κ3) is 15.4. The summed E-state index contributed by atoms with van der Waals surface area (Å²) in [7, 11) is -14.3. The average Bonchev–Trinajstić information content (AvgIpc) is 1.70. The minimum absolute atomic E-state index is 0.